The minimum absolute atomic E-state index is 0.0121. The Morgan fingerprint density at radius 3 is 1.95 bits per heavy atom. The molecule has 0 heterocycles. The molecular formula is C13H7F6. The minimum Gasteiger partial charge on any atom is -0.206 e. The average molecular weight is 277 g/mol. The molecule has 0 aliphatic carbocycles. The zero-order valence-corrected chi connectivity index (χ0v) is 9.47. The Kier molecular flexibility index (Phi) is 3.43. The molecule has 2 aromatic carbocycles. The van der Waals surface area contributed by atoms with Crippen LogP contribution >= 0.6 is 0 Å². The number of hydrogen-bond donors (Lipinski definition) is 0. The molecule has 2 rings (SSSR count). The molecule has 0 saturated carbocycles. The third-order valence-corrected chi connectivity index (χ3v) is 2.76. The second-order valence-electron chi connectivity index (χ2n) is 3.93. The number of rotatable bonds is 2. The second kappa shape index (κ2) is 4.75. The fourth-order valence-electron chi connectivity index (χ4n) is 1.90. The number of hydrogen-bond acceptors (Lipinski definition) is 0. The van der Waals surface area contributed by atoms with Crippen LogP contribution in [-0.4, -0.2) is 0 Å². The lowest BCUT2D eigenvalue weighted by Gasteiger charge is -2.11. The monoisotopic (exact) mass is 277 g/mol. The smallest absolute Gasteiger partial charge is 0.170 e. The molecule has 101 valence electrons. The van der Waals surface area contributed by atoms with Crippen molar-refractivity contribution in [2.24, 2.45) is 0 Å². The second-order valence-corrected chi connectivity index (χ2v) is 3.93. The summed E-state index contributed by atoms with van der Waals surface area (Å²) in [6.45, 7) is 3.33. The van der Waals surface area contributed by atoms with E-state index in [4.69, 9.17) is 0 Å². The Hall–Kier alpha value is -1.72. The Balaban J connectivity index is 3.03. The molecule has 0 atom stereocenters. The van der Waals surface area contributed by atoms with Gasteiger partial charge < -0.3 is 0 Å². The van der Waals surface area contributed by atoms with Crippen molar-refractivity contribution in [3.05, 3.63) is 53.5 Å². The molecule has 0 amide bonds. The Labute approximate surface area is 104 Å². The third-order valence-electron chi connectivity index (χ3n) is 2.76. The number of halogens is 6. The van der Waals surface area contributed by atoms with E-state index < -0.39 is 51.2 Å². The van der Waals surface area contributed by atoms with E-state index in [1.54, 1.807) is 0 Å². The van der Waals surface area contributed by atoms with Gasteiger partial charge in [0.2, 0.25) is 0 Å². The summed E-state index contributed by atoms with van der Waals surface area (Å²) < 4.78 is 81.0. The molecule has 19 heavy (non-hydrogen) atoms. The molecule has 0 fully saturated rings. The largest absolute Gasteiger partial charge is 0.206 e. The van der Waals surface area contributed by atoms with Crippen LogP contribution in [0.4, 0.5) is 26.3 Å². The van der Waals surface area contributed by atoms with Crippen molar-refractivity contribution < 1.29 is 26.3 Å². The highest BCUT2D eigenvalue weighted by Gasteiger charge is 2.26. The lowest BCUT2D eigenvalue weighted by molar-refractivity contribution is 0.472. The van der Waals surface area contributed by atoms with Crippen molar-refractivity contribution in [2.75, 3.05) is 0 Å². The van der Waals surface area contributed by atoms with E-state index in [0.29, 0.717) is 0 Å². The van der Waals surface area contributed by atoms with Crippen LogP contribution in [0.25, 0.3) is 10.8 Å². The standard InChI is InChI=1S/C13H7F6/c1-2-3-5-10(16)9-8(13(19)11(5)17)6(14)4-7(15)12(9)18/h4H,1-3H2. The number of fused-ring (bicyclic) bond motifs is 1. The van der Waals surface area contributed by atoms with E-state index in [-0.39, 0.29) is 18.9 Å². The van der Waals surface area contributed by atoms with Gasteiger partial charge in [0.1, 0.15) is 11.6 Å². The fourth-order valence-corrected chi connectivity index (χ4v) is 1.90. The van der Waals surface area contributed by atoms with Crippen molar-refractivity contribution in [3.63, 3.8) is 0 Å². The maximum absolute atomic E-state index is 13.9. The van der Waals surface area contributed by atoms with E-state index in [0.717, 1.165) is 0 Å². The zero-order valence-electron chi connectivity index (χ0n) is 9.47. The highest BCUT2D eigenvalue weighted by atomic mass is 19.2. The molecule has 0 saturated heterocycles. The topological polar surface area (TPSA) is 0 Å². The van der Waals surface area contributed by atoms with E-state index in [1.165, 1.54) is 0 Å². The van der Waals surface area contributed by atoms with Crippen LogP contribution in [0.2, 0.25) is 0 Å². The van der Waals surface area contributed by atoms with Gasteiger partial charge >= 0.3 is 0 Å². The summed E-state index contributed by atoms with van der Waals surface area (Å²) in [6, 6.07) is 0.0423. The van der Waals surface area contributed by atoms with E-state index in [2.05, 4.69) is 6.92 Å². The van der Waals surface area contributed by atoms with Gasteiger partial charge in [-0.2, -0.15) is 0 Å². The Bertz CT molecular complexity index is 662. The summed E-state index contributed by atoms with van der Waals surface area (Å²) in [5.41, 5.74) is -0.774. The molecule has 6 heteroatoms. The highest BCUT2D eigenvalue weighted by molar-refractivity contribution is 5.86. The molecule has 1 radical (unpaired) electrons. The SMILES string of the molecule is [CH2]CCc1c(F)c(F)c2c(F)cc(F)c(F)c2c1F. The van der Waals surface area contributed by atoms with Gasteiger partial charge in [0, 0.05) is 11.6 Å². The quantitative estimate of drug-likeness (QED) is 0.562. The van der Waals surface area contributed by atoms with Gasteiger partial charge in [0.05, 0.1) is 10.8 Å². The first-order valence-electron chi connectivity index (χ1n) is 5.31. The summed E-state index contributed by atoms with van der Waals surface area (Å²) in [6.07, 6.45) is -0.305. The van der Waals surface area contributed by atoms with Gasteiger partial charge in [-0.15, -0.1) is 0 Å². The molecule has 0 aliphatic rings. The molecule has 0 spiro atoms. The van der Waals surface area contributed by atoms with Gasteiger partial charge in [-0.25, -0.2) is 26.3 Å². The Morgan fingerprint density at radius 2 is 1.37 bits per heavy atom. The normalized spacial score (nSPS) is 11.3. The zero-order chi connectivity index (χ0) is 14.3. The Morgan fingerprint density at radius 1 is 0.737 bits per heavy atom. The van der Waals surface area contributed by atoms with Crippen molar-refractivity contribution in [1.82, 2.24) is 0 Å². The van der Waals surface area contributed by atoms with E-state index in [1.807, 2.05) is 0 Å². The summed E-state index contributed by atoms with van der Waals surface area (Å²) in [5.74, 6) is -9.85. The first kappa shape index (κ1) is 13.7. The molecule has 0 bridgehead atoms. The van der Waals surface area contributed by atoms with Gasteiger partial charge in [-0.3, -0.25) is 0 Å². The summed E-state index contributed by atoms with van der Waals surface area (Å²) in [5, 5.41) is -2.46. The highest BCUT2D eigenvalue weighted by Crippen LogP contribution is 2.33. The van der Waals surface area contributed by atoms with Crippen molar-refractivity contribution in [2.45, 2.75) is 12.8 Å². The lowest BCUT2D eigenvalue weighted by Crippen LogP contribution is -2.05. The third kappa shape index (κ3) is 1.95. The minimum atomic E-state index is -1.75. The van der Waals surface area contributed by atoms with E-state index in [9.17, 15) is 26.3 Å². The predicted octanol–water partition coefficient (Wildman–Crippen LogP) is 4.44. The molecule has 0 aromatic heterocycles. The molecule has 0 nitrogen and oxygen atoms in total. The van der Waals surface area contributed by atoms with E-state index >= 15 is 0 Å². The van der Waals surface area contributed by atoms with Gasteiger partial charge in [-0.05, 0) is 12.8 Å². The van der Waals surface area contributed by atoms with Gasteiger partial charge in [-0.1, -0.05) is 6.92 Å². The first-order valence-corrected chi connectivity index (χ1v) is 5.31. The molecule has 0 unspecified atom stereocenters. The maximum Gasteiger partial charge on any atom is 0.170 e. The van der Waals surface area contributed by atoms with Crippen molar-refractivity contribution in [3.8, 4) is 0 Å². The first-order chi connectivity index (χ1) is 8.90. The van der Waals surface area contributed by atoms with Gasteiger partial charge in [0.25, 0.3) is 0 Å². The number of benzene rings is 2. The summed E-state index contributed by atoms with van der Waals surface area (Å²) >= 11 is 0. The molecule has 2 aromatic rings. The van der Waals surface area contributed by atoms with Crippen molar-refractivity contribution in [1.29, 1.82) is 0 Å². The molecular weight excluding hydrogens is 270 g/mol. The van der Waals surface area contributed by atoms with Crippen LogP contribution in [0.1, 0.15) is 12.0 Å². The van der Waals surface area contributed by atoms with Crippen LogP contribution < -0.4 is 0 Å². The summed E-state index contributed by atoms with van der Waals surface area (Å²) in [7, 11) is 0. The summed E-state index contributed by atoms with van der Waals surface area (Å²) in [4.78, 5) is 0. The van der Waals surface area contributed by atoms with Crippen LogP contribution in [0.3, 0.4) is 0 Å². The van der Waals surface area contributed by atoms with Gasteiger partial charge in [0.15, 0.2) is 23.3 Å². The lowest BCUT2D eigenvalue weighted by atomic mass is 10.0. The predicted molar refractivity (Wildman–Crippen MR) is 57.4 cm³/mol. The van der Waals surface area contributed by atoms with Crippen LogP contribution in [-0.2, 0) is 6.42 Å². The molecule has 0 N–H and O–H groups in total. The van der Waals surface area contributed by atoms with Crippen molar-refractivity contribution >= 4 is 10.8 Å². The fraction of sp³-hybridized carbons (Fsp3) is 0.154. The van der Waals surface area contributed by atoms with Crippen LogP contribution in [0.15, 0.2) is 6.07 Å². The average Bonchev–Trinajstić information content (AvgIpc) is 2.36. The van der Waals surface area contributed by atoms with Crippen LogP contribution in [0, 0.1) is 41.8 Å². The van der Waals surface area contributed by atoms with Crippen LogP contribution in [0.5, 0.6) is 0 Å². The molecule has 0 aliphatic heterocycles. The maximum atomic E-state index is 13.9.